The van der Waals surface area contributed by atoms with Gasteiger partial charge in [-0.1, -0.05) is 26.0 Å². The molecule has 0 radical (unpaired) electrons. The maximum Gasteiger partial charge on any atom is 0.162 e. The van der Waals surface area contributed by atoms with E-state index >= 15 is 0 Å². The molecule has 2 aromatic carbocycles. The van der Waals surface area contributed by atoms with Crippen LogP contribution in [0.15, 0.2) is 48.5 Å². The Labute approximate surface area is 159 Å². The molecule has 0 aliphatic carbocycles. The number of hydrogen-bond acceptors (Lipinski definition) is 4. The van der Waals surface area contributed by atoms with Crippen LogP contribution in [0.1, 0.15) is 42.9 Å². The second kappa shape index (κ2) is 8.82. The highest BCUT2D eigenvalue weighted by molar-refractivity contribution is 5.95. The third kappa shape index (κ3) is 4.55. The van der Waals surface area contributed by atoms with Crippen molar-refractivity contribution in [2.24, 2.45) is 0 Å². The van der Waals surface area contributed by atoms with Gasteiger partial charge in [0.05, 0.1) is 17.6 Å². The zero-order chi connectivity index (χ0) is 19.2. The van der Waals surface area contributed by atoms with Crippen molar-refractivity contribution in [3.05, 3.63) is 59.9 Å². The lowest BCUT2D eigenvalue weighted by atomic mass is 10.1. The number of aromatic nitrogens is 2. The SMILES string of the molecule is CCCc1nc2ccccc2n1CC(O)COc1ccc(C(=O)CC)cc1. The standard InChI is InChI=1S/C22H26N2O3/c1-3-7-22-23-19-8-5-6-9-20(19)24(22)14-17(25)15-27-18-12-10-16(11-13-18)21(26)4-2/h5-6,8-13,17,25H,3-4,7,14-15H2,1-2H3. The number of nitrogens with zero attached hydrogens (tertiary/aromatic N) is 2. The van der Waals surface area contributed by atoms with Crippen molar-refractivity contribution in [1.82, 2.24) is 9.55 Å². The van der Waals surface area contributed by atoms with Gasteiger partial charge in [-0.05, 0) is 42.8 Å². The van der Waals surface area contributed by atoms with Crippen LogP contribution >= 0.6 is 0 Å². The summed E-state index contributed by atoms with van der Waals surface area (Å²) < 4.78 is 7.78. The van der Waals surface area contributed by atoms with Gasteiger partial charge in [-0.2, -0.15) is 0 Å². The van der Waals surface area contributed by atoms with E-state index in [1.807, 2.05) is 31.2 Å². The molecule has 0 amide bonds. The summed E-state index contributed by atoms with van der Waals surface area (Å²) in [4.78, 5) is 16.4. The quantitative estimate of drug-likeness (QED) is 0.581. The summed E-state index contributed by atoms with van der Waals surface area (Å²) in [5.74, 6) is 1.74. The minimum absolute atomic E-state index is 0.108. The van der Waals surface area contributed by atoms with E-state index in [9.17, 15) is 9.90 Å². The lowest BCUT2D eigenvalue weighted by molar-refractivity contribution is 0.0925. The van der Waals surface area contributed by atoms with Gasteiger partial charge in [-0.15, -0.1) is 0 Å². The number of imidazole rings is 1. The third-order valence-electron chi connectivity index (χ3n) is 4.54. The summed E-state index contributed by atoms with van der Waals surface area (Å²) in [7, 11) is 0. The lowest BCUT2D eigenvalue weighted by Gasteiger charge is -2.15. The molecule has 3 aromatic rings. The van der Waals surface area contributed by atoms with Crippen LogP contribution in [0.2, 0.25) is 0 Å². The van der Waals surface area contributed by atoms with Crippen LogP contribution in [0, 0.1) is 0 Å². The van der Waals surface area contributed by atoms with Gasteiger partial charge in [-0.3, -0.25) is 4.79 Å². The number of Topliss-reactive ketones (excluding diaryl/α,β-unsaturated/α-hetero) is 1. The summed E-state index contributed by atoms with van der Waals surface area (Å²) in [5.41, 5.74) is 2.66. The Kier molecular flexibility index (Phi) is 6.24. The molecule has 1 heterocycles. The first kappa shape index (κ1) is 19.1. The molecule has 0 saturated carbocycles. The van der Waals surface area contributed by atoms with Crippen molar-refractivity contribution in [3.63, 3.8) is 0 Å². The number of aryl methyl sites for hydroxylation is 1. The van der Waals surface area contributed by atoms with E-state index in [-0.39, 0.29) is 12.4 Å². The summed E-state index contributed by atoms with van der Waals surface area (Å²) in [6, 6.07) is 15.0. The van der Waals surface area contributed by atoms with Crippen LogP contribution in [0.3, 0.4) is 0 Å². The highest BCUT2D eigenvalue weighted by atomic mass is 16.5. The first-order valence-corrected chi connectivity index (χ1v) is 9.50. The van der Waals surface area contributed by atoms with Crippen LogP contribution in [-0.4, -0.2) is 33.2 Å². The molecule has 1 unspecified atom stereocenters. The number of fused-ring (bicyclic) bond motifs is 1. The number of aliphatic hydroxyl groups excluding tert-OH is 1. The molecule has 0 bridgehead atoms. The monoisotopic (exact) mass is 366 g/mol. The van der Waals surface area contributed by atoms with Gasteiger partial charge in [0.25, 0.3) is 0 Å². The maximum absolute atomic E-state index is 11.7. The molecule has 5 nitrogen and oxygen atoms in total. The van der Waals surface area contributed by atoms with Crippen LogP contribution in [0.5, 0.6) is 5.75 Å². The number of carbonyl (C=O) groups is 1. The van der Waals surface area contributed by atoms with E-state index in [1.165, 1.54) is 0 Å². The Morgan fingerprint density at radius 2 is 1.89 bits per heavy atom. The number of carbonyl (C=O) groups excluding carboxylic acids is 1. The molecule has 0 spiro atoms. The number of benzene rings is 2. The zero-order valence-electron chi connectivity index (χ0n) is 15.9. The Balaban J connectivity index is 1.65. The number of aliphatic hydroxyl groups is 1. The number of rotatable bonds is 9. The second-order valence-corrected chi connectivity index (χ2v) is 6.64. The van der Waals surface area contributed by atoms with E-state index in [1.54, 1.807) is 24.3 Å². The van der Waals surface area contributed by atoms with Gasteiger partial charge >= 0.3 is 0 Å². The first-order chi connectivity index (χ1) is 13.1. The predicted octanol–water partition coefficient (Wildman–Crippen LogP) is 4.02. The number of ether oxygens (including phenoxy) is 1. The highest BCUT2D eigenvalue weighted by Gasteiger charge is 2.14. The fourth-order valence-electron chi connectivity index (χ4n) is 3.14. The number of hydrogen-bond donors (Lipinski definition) is 1. The molecule has 0 fully saturated rings. The fourth-order valence-corrected chi connectivity index (χ4v) is 3.14. The molecular formula is C22H26N2O3. The average molecular weight is 366 g/mol. The normalized spacial score (nSPS) is 12.3. The van der Waals surface area contributed by atoms with Crippen molar-refractivity contribution < 1.29 is 14.6 Å². The minimum atomic E-state index is -0.657. The molecule has 3 rings (SSSR count). The first-order valence-electron chi connectivity index (χ1n) is 9.50. The number of para-hydroxylation sites is 2. The Morgan fingerprint density at radius 1 is 1.15 bits per heavy atom. The highest BCUT2D eigenvalue weighted by Crippen LogP contribution is 2.18. The van der Waals surface area contributed by atoms with E-state index in [2.05, 4.69) is 16.5 Å². The molecule has 142 valence electrons. The largest absolute Gasteiger partial charge is 0.491 e. The Hall–Kier alpha value is -2.66. The van der Waals surface area contributed by atoms with Crippen molar-refractivity contribution in [2.75, 3.05) is 6.61 Å². The summed E-state index contributed by atoms with van der Waals surface area (Å²) in [5, 5.41) is 10.5. The summed E-state index contributed by atoms with van der Waals surface area (Å²) >= 11 is 0. The smallest absolute Gasteiger partial charge is 0.162 e. The molecule has 0 aliphatic rings. The number of ketones is 1. The fraction of sp³-hybridized carbons (Fsp3) is 0.364. The molecule has 1 aromatic heterocycles. The van der Waals surface area contributed by atoms with Crippen molar-refractivity contribution in [3.8, 4) is 5.75 Å². The van der Waals surface area contributed by atoms with Gasteiger partial charge in [-0.25, -0.2) is 4.98 Å². The second-order valence-electron chi connectivity index (χ2n) is 6.64. The van der Waals surface area contributed by atoms with E-state index in [0.29, 0.717) is 24.3 Å². The summed E-state index contributed by atoms with van der Waals surface area (Å²) in [6.45, 7) is 4.58. The summed E-state index contributed by atoms with van der Waals surface area (Å²) in [6.07, 6.45) is 1.70. The molecule has 1 atom stereocenters. The Bertz CT molecular complexity index is 900. The van der Waals surface area contributed by atoms with Crippen LogP contribution in [-0.2, 0) is 13.0 Å². The molecule has 27 heavy (non-hydrogen) atoms. The van der Waals surface area contributed by atoms with Crippen LogP contribution in [0.25, 0.3) is 11.0 Å². The maximum atomic E-state index is 11.7. The van der Waals surface area contributed by atoms with Crippen molar-refractivity contribution in [2.45, 2.75) is 45.8 Å². The van der Waals surface area contributed by atoms with E-state index < -0.39 is 6.10 Å². The van der Waals surface area contributed by atoms with Gasteiger partial charge < -0.3 is 14.4 Å². The topological polar surface area (TPSA) is 64.3 Å². The molecule has 5 heteroatoms. The zero-order valence-corrected chi connectivity index (χ0v) is 15.9. The molecular weight excluding hydrogens is 340 g/mol. The van der Waals surface area contributed by atoms with Crippen LogP contribution in [0.4, 0.5) is 0 Å². The lowest BCUT2D eigenvalue weighted by Crippen LogP contribution is -2.24. The predicted molar refractivity (Wildman–Crippen MR) is 106 cm³/mol. The van der Waals surface area contributed by atoms with E-state index in [4.69, 9.17) is 4.74 Å². The van der Waals surface area contributed by atoms with Crippen molar-refractivity contribution >= 4 is 16.8 Å². The van der Waals surface area contributed by atoms with Gasteiger partial charge in [0.2, 0.25) is 0 Å². The van der Waals surface area contributed by atoms with Crippen LogP contribution < -0.4 is 4.74 Å². The van der Waals surface area contributed by atoms with Gasteiger partial charge in [0.1, 0.15) is 24.3 Å². The minimum Gasteiger partial charge on any atom is -0.491 e. The van der Waals surface area contributed by atoms with Gasteiger partial charge in [0.15, 0.2) is 5.78 Å². The van der Waals surface area contributed by atoms with E-state index in [0.717, 1.165) is 29.7 Å². The molecule has 0 saturated heterocycles. The molecule has 1 N–H and O–H groups in total. The van der Waals surface area contributed by atoms with Gasteiger partial charge in [0, 0.05) is 18.4 Å². The third-order valence-corrected chi connectivity index (χ3v) is 4.54. The average Bonchev–Trinajstić information content (AvgIpc) is 3.04. The molecule has 0 aliphatic heterocycles. The Morgan fingerprint density at radius 3 is 2.59 bits per heavy atom. The van der Waals surface area contributed by atoms with Crippen molar-refractivity contribution in [1.29, 1.82) is 0 Å².